The summed E-state index contributed by atoms with van der Waals surface area (Å²) in [6.45, 7) is 10.2. The Labute approximate surface area is 176 Å². The summed E-state index contributed by atoms with van der Waals surface area (Å²) in [5.41, 5.74) is 2.06. The van der Waals surface area contributed by atoms with Crippen molar-refractivity contribution in [2.45, 2.75) is 39.8 Å². The van der Waals surface area contributed by atoms with Gasteiger partial charge in [-0.05, 0) is 50.1 Å². The lowest BCUT2D eigenvalue weighted by Gasteiger charge is -2.35. The molecule has 2 N–H and O–H groups in total. The molecule has 0 bridgehead atoms. The maximum Gasteiger partial charge on any atom is 0.228 e. The number of carbonyl (C=O) groups is 1. The normalized spacial score (nSPS) is 15.6. The van der Waals surface area contributed by atoms with E-state index in [0.29, 0.717) is 13.2 Å². The Morgan fingerprint density at radius 3 is 2.41 bits per heavy atom. The van der Waals surface area contributed by atoms with Crippen LogP contribution in [-0.2, 0) is 22.6 Å². The summed E-state index contributed by atoms with van der Waals surface area (Å²) in [5, 5.41) is 6.47. The van der Waals surface area contributed by atoms with Gasteiger partial charge in [0.2, 0.25) is 5.91 Å². The first kappa shape index (κ1) is 26.1. The summed E-state index contributed by atoms with van der Waals surface area (Å²) in [4.78, 5) is 15.2. The van der Waals surface area contributed by atoms with Crippen LogP contribution in [0, 0.1) is 5.41 Å². The fourth-order valence-electron chi connectivity index (χ4n) is 3.53. The fraction of sp³-hybridized carbons (Fsp3) is 0.650. The highest BCUT2D eigenvalue weighted by molar-refractivity contribution is 5.85. The lowest BCUT2D eigenvalue weighted by molar-refractivity contribution is -0.136. The minimum Gasteiger partial charge on any atom is -0.384 e. The zero-order valence-electron chi connectivity index (χ0n) is 16.8. The smallest absolute Gasteiger partial charge is 0.228 e. The Balaban J connectivity index is 0.00000338. The van der Waals surface area contributed by atoms with Crippen molar-refractivity contribution in [3.05, 3.63) is 35.4 Å². The van der Waals surface area contributed by atoms with Crippen molar-refractivity contribution in [1.82, 2.24) is 15.5 Å². The maximum absolute atomic E-state index is 12.8. The summed E-state index contributed by atoms with van der Waals surface area (Å²) in [7, 11) is 1.67. The molecule has 7 heteroatoms. The Morgan fingerprint density at radius 2 is 1.81 bits per heavy atom. The zero-order chi connectivity index (χ0) is 18.1. The number of amides is 1. The number of piperidine rings is 1. The SMILES string of the molecule is CCN(CC)Cc1cccc(CNC(=O)C2(COC)CCNCC2)c1.Cl.Cl. The van der Waals surface area contributed by atoms with Crippen LogP contribution in [0.25, 0.3) is 0 Å². The number of nitrogens with one attached hydrogen (secondary N) is 2. The van der Waals surface area contributed by atoms with Gasteiger partial charge in [0.15, 0.2) is 0 Å². The van der Waals surface area contributed by atoms with Crippen molar-refractivity contribution in [2.75, 3.05) is 39.9 Å². The van der Waals surface area contributed by atoms with Crippen LogP contribution in [0.5, 0.6) is 0 Å². The summed E-state index contributed by atoms with van der Waals surface area (Å²) in [6, 6.07) is 8.51. The van der Waals surface area contributed by atoms with Crippen LogP contribution >= 0.6 is 24.8 Å². The Hall–Kier alpha value is -0.850. The minimum atomic E-state index is -0.390. The van der Waals surface area contributed by atoms with E-state index in [4.69, 9.17) is 4.74 Å². The molecule has 27 heavy (non-hydrogen) atoms. The lowest BCUT2D eigenvalue weighted by atomic mass is 9.78. The number of hydrogen-bond donors (Lipinski definition) is 2. The van der Waals surface area contributed by atoms with E-state index in [2.05, 4.69) is 53.6 Å². The molecule has 1 aliphatic heterocycles. The van der Waals surface area contributed by atoms with Gasteiger partial charge in [-0.25, -0.2) is 0 Å². The quantitative estimate of drug-likeness (QED) is 0.645. The first-order valence-corrected chi connectivity index (χ1v) is 9.41. The number of nitrogens with zero attached hydrogens (tertiary/aromatic N) is 1. The van der Waals surface area contributed by atoms with Crippen LogP contribution in [0.1, 0.15) is 37.8 Å². The first-order chi connectivity index (χ1) is 12.1. The monoisotopic (exact) mass is 419 g/mol. The number of halogens is 2. The molecule has 1 aromatic carbocycles. The molecule has 0 atom stereocenters. The van der Waals surface area contributed by atoms with E-state index in [1.54, 1.807) is 7.11 Å². The summed E-state index contributed by atoms with van der Waals surface area (Å²) in [5.74, 6) is 0.116. The van der Waals surface area contributed by atoms with E-state index in [1.165, 1.54) is 5.56 Å². The van der Waals surface area contributed by atoms with Gasteiger partial charge in [-0.2, -0.15) is 0 Å². The molecule has 156 valence electrons. The van der Waals surface area contributed by atoms with E-state index < -0.39 is 5.41 Å². The number of hydrogen-bond acceptors (Lipinski definition) is 4. The van der Waals surface area contributed by atoms with Crippen molar-refractivity contribution in [1.29, 1.82) is 0 Å². The summed E-state index contributed by atoms with van der Waals surface area (Å²) < 4.78 is 5.35. The second-order valence-corrected chi connectivity index (χ2v) is 6.93. The Kier molecular flexibility index (Phi) is 12.9. The second kappa shape index (κ2) is 13.3. The Bertz CT molecular complexity index is 542. The van der Waals surface area contributed by atoms with Gasteiger partial charge in [-0.3, -0.25) is 9.69 Å². The molecule has 1 amide bonds. The average Bonchev–Trinajstić information content (AvgIpc) is 2.65. The largest absolute Gasteiger partial charge is 0.384 e. The van der Waals surface area contributed by atoms with Gasteiger partial charge in [0, 0.05) is 20.2 Å². The van der Waals surface area contributed by atoms with Crippen LogP contribution < -0.4 is 10.6 Å². The van der Waals surface area contributed by atoms with Gasteiger partial charge >= 0.3 is 0 Å². The highest BCUT2D eigenvalue weighted by Crippen LogP contribution is 2.29. The first-order valence-electron chi connectivity index (χ1n) is 9.41. The van der Waals surface area contributed by atoms with Crippen LogP contribution in [-0.4, -0.2) is 50.7 Å². The van der Waals surface area contributed by atoms with Gasteiger partial charge in [0.05, 0.1) is 12.0 Å². The molecule has 0 aromatic heterocycles. The molecule has 1 heterocycles. The van der Waals surface area contributed by atoms with Crippen LogP contribution in [0.4, 0.5) is 0 Å². The van der Waals surface area contributed by atoms with Gasteiger partial charge < -0.3 is 15.4 Å². The molecule has 0 spiro atoms. The standard InChI is InChI=1S/C20H33N3O2.2ClH/c1-4-23(5-2)15-18-8-6-7-17(13-18)14-22-19(24)20(16-25-3)9-11-21-12-10-20;;/h6-8,13,21H,4-5,9-12,14-16H2,1-3H3,(H,22,24);2*1H. The molecule has 1 fully saturated rings. The third-order valence-corrected chi connectivity index (χ3v) is 5.21. The van der Waals surface area contributed by atoms with Gasteiger partial charge in [0.1, 0.15) is 0 Å². The zero-order valence-corrected chi connectivity index (χ0v) is 18.4. The molecule has 1 aromatic rings. The molecule has 0 unspecified atom stereocenters. The average molecular weight is 420 g/mol. The van der Waals surface area contributed by atoms with Crippen molar-refractivity contribution >= 4 is 30.7 Å². The molecular formula is C20H35Cl2N3O2. The summed E-state index contributed by atoms with van der Waals surface area (Å²) in [6.07, 6.45) is 1.66. The number of carbonyl (C=O) groups excluding carboxylic acids is 1. The van der Waals surface area contributed by atoms with Crippen molar-refractivity contribution in [2.24, 2.45) is 5.41 Å². The maximum atomic E-state index is 12.8. The van der Waals surface area contributed by atoms with Crippen molar-refractivity contribution in [3.63, 3.8) is 0 Å². The Morgan fingerprint density at radius 1 is 1.19 bits per heavy atom. The predicted molar refractivity (Wildman–Crippen MR) is 116 cm³/mol. The van der Waals surface area contributed by atoms with E-state index in [-0.39, 0.29) is 30.7 Å². The number of benzene rings is 1. The van der Waals surface area contributed by atoms with Crippen molar-refractivity contribution in [3.8, 4) is 0 Å². The third-order valence-electron chi connectivity index (χ3n) is 5.21. The van der Waals surface area contributed by atoms with Gasteiger partial charge in [-0.15, -0.1) is 24.8 Å². The van der Waals surface area contributed by atoms with Crippen molar-refractivity contribution < 1.29 is 9.53 Å². The molecule has 0 radical (unpaired) electrons. The van der Waals surface area contributed by atoms with E-state index >= 15 is 0 Å². The highest BCUT2D eigenvalue weighted by Gasteiger charge is 2.39. The molecular weight excluding hydrogens is 385 g/mol. The van der Waals surface area contributed by atoms with Crippen LogP contribution in [0.3, 0.4) is 0 Å². The third kappa shape index (κ3) is 7.59. The van der Waals surface area contributed by atoms with E-state index in [1.807, 2.05) is 0 Å². The van der Waals surface area contributed by atoms with Crippen LogP contribution in [0.2, 0.25) is 0 Å². The van der Waals surface area contributed by atoms with E-state index in [0.717, 1.165) is 51.1 Å². The lowest BCUT2D eigenvalue weighted by Crippen LogP contribution is -2.49. The molecule has 1 aliphatic rings. The number of rotatable bonds is 9. The number of methoxy groups -OCH3 is 1. The van der Waals surface area contributed by atoms with Gasteiger partial charge in [0.25, 0.3) is 0 Å². The molecule has 0 aliphatic carbocycles. The second-order valence-electron chi connectivity index (χ2n) is 6.93. The number of ether oxygens (including phenoxy) is 1. The highest BCUT2D eigenvalue weighted by atomic mass is 35.5. The topological polar surface area (TPSA) is 53.6 Å². The van der Waals surface area contributed by atoms with E-state index in [9.17, 15) is 4.79 Å². The minimum absolute atomic E-state index is 0. The summed E-state index contributed by atoms with van der Waals surface area (Å²) >= 11 is 0. The predicted octanol–water partition coefficient (Wildman–Crippen LogP) is 3.00. The molecule has 1 saturated heterocycles. The molecule has 0 saturated carbocycles. The van der Waals surface area contributed by atoms with Crippen LogP contribution in [0.15, 0.2) is 24.3 Å². The molecule has 2 rings (SSSR count). The van der Waals surface area contributed by atoms with Gasteiger partial charge in [-0.1, -0.05) is 38.1 Å². The molecule has 5 nitrogen and oxygen atoms in total. The fourth-order valence-corrected chi connectivity index (χ4v) is 3.53.